The zero-order valence-corrected chi connectivity index (χ0v) is 20.8. The van der Waals surface area contributed by atoms with Crippen molar-refractivity contribution in [1.29, 1.82) is 0 Å². The molecule has 1 N–H and O–H groups in total. The minimum absolute atomic E-state index is 0.0776. The van der Waals surface area contributed by atoms with Crippen molar-refractivity contribution in [2.75, 3.05) is 19.0 Å². The predicted molar refractivity (Wildman–Crippen MR) is 135 cm³/mol. The molecule has 0 saturated heterocycles. The number of aromatic nitrogens is 2. The van der Waals surface area contributed by atoms with E-state index in [9.17, 15) is 9.59 Å². The maximum absolute atomic E-state index is 12.8. The number of methoxy groups -OCH3 is 1. The number of aryl methyl sites for hydroxylation is 2. The number of nitrogens with zero attached hydrogens (tertiary/aromatic N) is 4. The molecule has 3 aromatic rings. The van der Waals surface area contributed by atoms with E-state index in [0.29, 0.717) is 44.7 Å². The Balaban J connectivity index is 1.40. The van der Waals surface area contributed by atoms with Gasteiger partial charge in [-0.3, -0.25) is 9.79 Å². The number of carbonyl (C=O) groups excluding carboxylic acids is 2. The van der Waals surface area contributed by atoms with Gasteiger partial charge in [-0.25, -0.2) is 9.78 Å². The lowest BCUT2D eigenvalue weighted by molar-refractivity contribution is -0.116. The van der Waals surface area contributed by atoms with Crippen LogP contribution in [0.5, 0.6) is 5.75 Å². The molecule has 9 nitrogen and oxygen atoms in total. The van der Waals surface area contributed by atoms with Crippen LogP contribution in [0.1, 0.15) is 33.8 Å². The highest BCUT2D eigenvalue weighted by molar-refractivity contribution is 7.16. The zero-order chi connectivity index (χ0) is 24.8. The van der Waals surface area contributed by atoms with Gasteiger partial charge in [0.1, 0.15) is 16.6 Å². The molecule has 35 heavy (non-hydrogen) atoms. The number of anilines is 1. The van der Waals surface area contributed by atoms with Gasteiger partial charge in [-0.15, -0.1) is 11.3 Å². The van der Waals surface area contributed by atoms with E-state index >= 15 is 0 Å². The Kier molecular flexibility index (Phi) is 7.81. The zero-order valence-electron chi connectivity index (χ0n) is 20.0. The highest BCUT2D eigenvalue weighted by Gasteiger charge is 2.28. The van der Waals surface area contributed by atoms with Crippen molar-refractivity contribution in [3.8, 4) is 5.75 Å². The van der Waals surface area contributed by atoms with E-state index in [1.54, 1.807) is 18.2 Å². The molecule has 0 radical (unpaired) electrons. The van der Waals surface area contributed by atoms with E-state index in [4.69, 9.17) is 9.47 Å². The lowest BCUT2D eigenvalue weighted by atomic mass is 10.0. The van der Waals surface area contributed by atoms with Crippen LogP contribution in [0.3, 0.4) is 0 Å². The molecular weight excluding hydrogens is 466 g/mol. The molecule has 2 amide bonds. The SMILES string of the molecule is C=NCc1c(NC(=O)CCc2ccccc2OC)sc2c1CCN(C(=O)OCc1nccn1C)C2. The summed E-state index contributed by atoms with van der Waals surface area (Å²) in [6, 6.07) is 7.70. The molecule has 0 bridgehead atoms. The summed E-state index contributed by atoms with van der Waals surface area (Å²) < 4.78 is 12.7. The summed E-state index contributed by atoms with van der Waals surface area (Å²) in [6.07, 6.45) is 4.68. The number of benzene rings is 1. The fraction of sp³-hybridized carbons (Fsp3) is 0.360. The van der Waals surface area contributed by atoms with Gasteiger partial charge >= 0.3 is 6.09 Å². The van der Waals surface area contributed by atoms with Crippen LogP contribution in [0.2, 0.25) is 0 Å². The van der Waals surface area contributed by atoms with Gasteiger partial charge in [0.15, 0.2) is 6.61 Å². The van der Waals surface area contributed by atoms with Gasteiger partial charge in [0.2, 0.25) is 5.91 Å². The number of thiophene rings is 1. The molecule has 1 aliphatic heterocycles. The molecule has 0 aliphatic carbocycles. The third-order valence-electron chi connectivity index (χ3n) is 6.01. The first-order valence-corrected chi connectivity index (χ1v) is 12.2. The third-order valence-corrected chi connectivity index (χ3v) is 7.18. The standard InChI is InChI=1S/C25H29N5O4S/c1-26-14-19-18-10-12-30(25(32)34-16-22-27-11-13-29(22)2)15-21(18)35-24(19)28-23(31)9-8-17-6-4-5-7-20(17)33-3/h4-7,11,13H,1,8-10,12,14-16H2,2-3H3,(H,28,31). The number of amides is 2. The van der Waals surface area contributed by atoms with Crippen LogP contribution < -0.4 is 10.1 Å². The average molecular weight is 496 g/mol. The van der Waals surface area contributed by atoms with Crippen molar-refractivity contribution in [2.45, 2.75) is 39.0 Å². The van der Waals surface area contributed by atoms with Crippen LogP contribution >= 0.6 is 11.3 Å². The summed E-state index contributed by atoms with van der Waals surface area (Å²) in [7, 11) is 3.48. The van der Waals surface area contributed by atoms with Crippen LogP contribution in [0.15, 0.2) is 41.7 Å². The van der Waals surface area contributed by atoms with Crippen LogP contribution in [0.4, 0.5) is 9.80 Å². The molecule has 3 heterocycles. The van der Waals surface area contributed by atoms with Crippen LogP contribution in [0, 0.1) is 0 Å². The van der Waals surface area contributed by atoms with Crippen molar-refractivity contribution < 1.29 is 19.1 Å². The molecule has 184 valence electrons. The summed E-state index contributed by atoms with van der Waals surface area (Å²) >= 11 is 1.49. The van der Waals surface area contributed by atoms with E-state index in [1.807, 2.05) is 42.1 Å². The summed E-state index contributed by atoms with van der Waals surface area (Å²) in [5.41, 5.74) is 3.10. The predicted octanol–water partition coefficient (Wildman–Crippen LogP) is 3.96. The number of para-hydroxylation sites is 1. The second kappa shape index (κ2) is 11.2. The second-order valence-corrected chi connectivity index (χ2v) is 9.34. The fourth-order valence-electron chi connectivity index (χ4n) is 4.10. The third kappa shape index (κ3) is 5.71. The van der Waals surface area contributed by atoms with Crippen LogP contribution in [-0.2, 0) is 49.1 Å². The number of nitrogens with one attached hydrogen (secondary N) is 1. The summed E-state index contributed by atoms with van der Waals surface area (Å²) in [4.78, 5) is 36.4. The van der Waals surface area contributed by atoms with E-state index in [1.165, 1.54) is 11.3 Å². The highest BCUT2D eigenvalue weighted by atomic mass is 32.1. The summed E-state index contributed by atoms with van der Waals surface area (Å²) in [5, 5.41) is 3.83. The van der Waals surface area contributed by atoms with Crippen molar-refractivity contribution in [3.63, 3.8) is 0 Å². The number of ether oxygens (including phenoxy) is 2. The second-order valence-electron chi connectivity index (χ2n) is 8.23. The van der Waals surface area contributed by atoms with Gasteiger partial charge in [0.25, 0.3) is 0 Å². The van der Waals surface area contributed by atoms with Gasteiger partial charge in [-0.2, -0.15) is 0 Å². The average Bonchev–Trinajstić information content (AvgIpc) is 3.43. The number of hydrogen-bond acceptors (Lipinski definition) is 7. The molecule has 4 rings (SSSR count). The first kappa shape index (κ1) is 24.5. The molecule has 0 atom stereocenters. The number of imidazole rings is 1. The van der Waals surface area contributed by atoms with E-state index in [0.717, 1.165) is 32.3 Å². The van der Waals surface area contributed by atoms with Gasteiger partial charge in [0, 0.05) is 42.8 Å². The summed E-state index contributed by atoms with van der Waals surface area (Å²) in [5.74, 6) is 1.38. The Morgan fingerprint density at radius 1 is 1.31 bits per heavy atom. The lowest BCUT2D eigenvalue weighted by Gasteiger charge is -2.26. The minimum Gasteiger partial charge on any atom is -0.496 e. The van der Waals surface area contributed by atoms with E-state index < -0.39 is 0 Å². The number of hydrogen-bond donors (Lipinski definition) is 1. The largest absolute Gasteiger partial charge is 0.496 e. The van der Waals surface area contributed by atoms with Crippen LogP contribution in [0.25, 0.3) is 0 Å². The molecule has 0 saturated carbocycles. The Morgan fingerprint density at radius 2 is 2.14 bits per heavy atom. The molecule has 10 heteroatoms. The van der Waals surface area contributed by atoms with Gasteiger partial charge in [0.05, 0.1) is 20.2 Å². The van der Waals surface area contributed by atoms with Gasteiger partial charge in [-0.1, -0.05) is 18.2 Å². The minimum atomic E-state index is -0.377. The highest BCUT2D eigenvalue weighted by Crippen LogP contribution is 2.38. The topological polar surface area (TPSA) is 98.1 Å². The van der Waals surface area contributed by atoms with Gasteiger partial charge in [-0.05, 0) is 36.8 Å². The van der Waals surface area contributed by atoms with Crippen LogP contribution in [-0.4, -0.2) is 46.8 Å². The Bertz CT molecular complexity index is 1220. The fourth-order valence-corrected chi connectivity index (χ4v) is 5.40. The maximum atomic E-state index is 12.8. The molecular formula is C25H29N5O4S. The normalized spacial score (nSPS) is 12.7. The number of carbonyl (C=O) groups is 2. The molecule has 2 aromatic heterocycles. The van der Waals surface area contributed by atoms with Crippen molar-refractivity contribution in [3.05, 3.63) is 64.1 Å². The van der Waals surface area contributed by atoms with Crippen molar-refractivity contribution in [2.24, 2.45) is 12.0 Å². The monoisotopic (exact) mass is 495 g/mol. The molecule has 1 aliphatic rings. The van der Waals surface area contributed by atoms with Crippen molar-refractivity contribution >= 4 is 35.1 Å². The number of rotatable bonds is 9. The van der Waals surface area contributed by atoms with E-state index in [2.05, 4.69) is 22.0 Å². The quantitative estimate of drug-likeness (QED) is 0.453. The Labute approximate surface area is 208 Å². The smallest absolute Gasteiger partial charge is 0.410 e. The van der Waals surface area contributed by atoms with Gasteiger partial charge < -0.3 is 24.3 Å². The number of fused-ring (bicyclic) bond motifs is 1. The molecule has 0 spiro atoms. The number of aliphatic imine (C=N–C) groups is 1. The van der Waals surface area contributed by atoms with Crippen molar-refractivity contribution in [1.82, 2.24) is 14.5 Å². The maximum Gasteiger partial charge on any atom is 0.410 e. The Morgan fingerprint density at radius 3 is 2.89 bits per heavy atom. The molecule has 0 unspecified atom stereocenters. The first-order valence-electron chi connectivity index (χ1n) is 11.4. The summed E-state index contributed by atoms with van der Waals surface area (Å²) in [6.45, 7) is 5.14. The molecule has 0 fully saturated rings. The Hall–Kier alpha value is -3.66. The van der Waals surface area contributed by atoms with E-state index in [-0.39, 0.29) is 18.6 Å². The first-order chi connectivity index (χ1) is 17.0. The molecule has 1 aromatic carbocycles. The lowest BCUT2D eigenvalue weighted by Crippen LogP contribution is -2.36.